The Labute approximate surface area is 74.0 Å². The molecule has 0 radical (unpaired) electrons. The fraction of sp³-hybridized carbons (Fsp3) is 0.900. The van der Waals surface area contributed by atoms with Crippen molar-refractivity contribution in [3.05, 3.63) is 0 Å². The van der Waals surface area contributed by atoms with E-state index in [1.807, 2.05) is 0 Å². The molecule has 70 valence electrons. The number of Topliss-reactive ketones (excluding diaryl/α,β-unsaturated/α-hetero) is 1. The van der Waals surface area contributed by atoms with Crippen LogP contribution in [0.4, 0.5) is 0 Å². The third-order valence-corrected chi connectivity index (χ3v) is 3.01. The second-order valence-electron chi connectivity index (χ2n) is 4.40. The third-order valence-electron chi connectivity index (χ3n) is 3.01. The number of aliphatic hydroxyl groups is 1. The topological polar surface area (TPSA) is 37.3 Å². The second kappa shape index (κ2) is 3.56. The first-order valence-corrected chi connectivity index (χ1v) is 4.71. The monoisotopic (exact) mass is 170 g/mol. The molecule has 0 aromatic heterocycles. The Morgan fingerprint density at radius 2 is 2.17 bits per heavy atom. The van der Waals surface area contributed by atoms with Gasteiger partial charge in [0.15, 0.2) is 0 Å². The Hall–Kier alpha value is -0.370. The minimum absolute atomic E-state index is 0.00231. The molecule has 0 bridgehead atoms. The molecule has 0 saturated heterocycles. The maximum atomic E-state index is 11.5. The van der Waals surface area contributed by atoms with Gasteiger partial charge in [0.05, 0.1) is 6.61 Å². The van der Waals surface area contributed by atoms with Crippen LogP contribution in [0.15, 0.2) is 0 Å². The zero-order chi connectivity index (χ0) is 9.19. The fourth-order valence-electron chi connectivity index (χ4n) is 2.01. The van der Waals surface area contributed by atoms with E-state index in [2.05, 4.69) is 13.8 Å². The summed E-state index contributed by atoms with van der Waals surface area (Å²) in [5.74, 6) is 0.125. The summed E-state index contributed by atoms with van der Waals surface area (Å²) in [5.41, 5.74) is 0.00231. The van der Waals surface area contributed by atoms with Crippen LogP contribution in [0, 0.1) is 11.3 Å². The first-order chi connectivity index (χ1) is 5.58. The van der Waals surface area contributed by atoms with Crippen LogP contribution in [-0.2, 0) is 4.79 Å². The molecule has 1 aliphatic rings. The van der Waals surface area contributed by atoms with Crippen molar-refractivity contribution < 1.29 is 9.90 Å². The highest BCUT2D eigenvalue weighted by molar-refractivity contribution is 5.82. The normalized spacial score (nSPS) is 29.9. The zero-order valence-corrected chi connectivity index (χ0v) is 7.97. The molecule has 1 fully saturated rings. The molecular formula is C10H18O2. The van der Waals surface area contributed by atoms with Gasteiger partial charge in [0, 0.05) is 12.3 Å². The van der Waals surface area contributed by atoms with Crippen LogP contribution in [0.5, 0.6) is 0 Å². The van der Waals surface area contributed by atoms with E-state index in [1.54, 1.807) is 0 Å². The van der Waals surface area contributed by atoms with Crippen molar-refractivity contribution in [2.45, 2.75) is 39.5 Å². The average Bonchev–Trinajstić information content (AvgIpc) is 2.09. The Bertz CT molecular complexity index is 173. The largest absolute Gasteiger partial charge is 0.396 e. The van der Waals surface area contributed by atoms with Gasteiger partial charge in [-0.1, -0.05) is 20.3 Å². The Balaban J connectivity index is 2.77. The molecule has 1 aliphatic carbocycles. The lowest BCUT2D eigenvalue weighted by atomic mass is 9.75. The van der Waals surface area contributed by atoms with Gasteiger partial charge in [0.2, 0.25) is 0 Å². The van der Waals surface area contributed by atoms with Gasteiger partial charge in [-0.25, -0.2) is 0 Å². The van der Waals surface area contributed by atoms with Gasteiger partial charge in [-0.2, -0.15) is 0 Å². The van der Waals surface area contributed by atoms with Crippen molar-refractivity contribution in [3.63, 3.8) is 0 Å². The van der Waals surface area contributed by atoms with Crippen LogP contribution in [0.3, 0.4) is 0 Å². The van der Waals surface area contributed by atoms with Crippen molar-refractivity contribution in [2.75, 3.05) is 6.61 Å². The number of aliphatic hydroxyl groups excluding tert-OH is 1. The number of carbonyl (C=O) groups is 1. The minimum atomic E-state index is -0.125. The maximum absolute atomic E-state index is 11.5. The van der Waals surface area contributed by atoms with Crippen molar-refractivity contribution in [3.8, 4) is 0 Å². The van der Waals surface area contributed by atoms with Crippen molar-refractivity contribution in [1.29, 1.82) is 0 Å². The summed E-state index contributed by atoms with van der Waals surface area (Å²) in [6.45, 7) is 4.18. The lowest BCUT2D eigenvalue weighted by Gasteiger charge is -2.29. The van der Waals surface area contributed by atoms with Crippen LogP contribution < -0.4 is 0 Å². The molecule has 0 aromatic rings. The highest BCUT2D eigenvalue weighted by Gasteiger charge is 2.35. The van der Waals surface area contributed by atoms with E-state index < -0.39 is 0 Å². The summed E-state index contributed by atoms with van der Waals surface area (Å²) in [6, 6.07) is 0. The van der Waals surface area contributed by atoms with E-state index in [0.717, 1.165) is 19.3 Å². The van der Waals surface area contributed by atoms with E-state index in [9.17, 15) is 4.79 Å². The van der Waals surface area contributed by atoms with Gasteiger partial charge in [-0.15, -0.1) is 0 Å². The second-order valence-corrected chi connectivity index (χ2v) is 4.40. The van der Waals surface area contributed by atoms with E-state index in [-0.39, 0.29) is 23.7 Å². The molecule has 1 unspecified atom stereocenters. The molecule has 2 nitrogen and oxygen atoms in total. The van der Waals surface area contributed by atoms with Gasteiger partial charge in [-0.3, -0.25) is 4.79 Å². The fourth-order valence-corrected chi connectivity index (χ4v) is 2.01. The van der Waals surface area contributed by atoms with Crippen LogP contribution in [0.2, 0.25) is 0 Å². The Morgan fingerprint density at radius 1 is 1.50 bits per heavy atom. The summed E-state index contributed by atoms with van der Waals surface area (Å²) in [7, 11) is 0. The molecule has 1 atom stereocenters. The molecule has 0 aliphatic heterocycles. The molecule has 12 heavy (non-hydrogen) atoms. The van der Waals surface area contributed by atoms with Crippen LogP contribution in [-0.4, -0.2) is 17.5 Å². The average molecular weight is 170 g/mol. The van der Waals surface area contributed by atoms with Crippen LogP contribution >= 0.6 is 0 Å². The predicted octanol–water partition coefficient (Wildman–Crippen LogP) is 1.76. The third kappa shape index (κ3) is 1.86. The van der Waals surface area contributed by atoms with E-state index in [0.29, 0.717) is 6.42 Å². The molecule has 2 heteroatoms. The number of hydrogen-bond acceptors (Lipinski definition) is 2. The zero-order valence-electron chi connectivity index (χ0n) is 7.97. The van der Waals surface area contributed by atoms with Gasteiger partial charge >= 0.3 is 0 Å². The van der Waals surface area contributed by atoms with Crippen LogP contribution in [0.25, 0.3) is 0 Å². The van der Waals surface area contributed by atoms with Gasteiger partial charge < -0.3 is 5.11 Å². The standard InChI is InChI=1S/C10H18O2/c1-10(2)6-4-3-5-9(12)8(10)7-11/h8,11H,3-7H2,1-2H3. The predicted molar refractivity (Wildman–Crippen MR) is 47.8 cm³/mol. The molecule has 0 heterocycles. The summed E-state index contributed by atoms with van der Waals surface area (Å²) >= 11 is 0. The SMILES string of the molecule is CC1(C)CCCCC(=O)C1CO. The first-order valence-electron chi connectivity index (χ1n) is 4.71. The maximum Gasteiger partial charge on any atom is 0.138 e. The van der Waals surface area contributed by atoms with Gasteiger partial charge in [-0.05, 0) is 18.3 Å². The van der Waals surface area contributed by atoms with E-state index in [4.69, 9.17) is 5.11 Å². The number of carbonyl (C=O) groups excluding carboxylic acids is 1. The summed E-state index contributed by atoms with van der Waals surface area (Å²) in [6.07, 6.45) is 3.84. The highest BCUT2D eigenvalue weighted by atomic mass is 16.3. The number of rotatable bonds is 1. The summed E-state index contributed by atoms with van der Waals surface area (Å²) < 4.78 is 0. The Kier molecular flexibility index (Phi) is 2.89. The molecule has 1 N–H and O–H groups in total. The Morgan fingerprint density at radius 3 is 2.75 bits per heavy atom. The summed E-state index contributed by atoms with van der Waals surface area (Å²) in [4.78, 5) is 11.5. The smallest absolute Gasteiger partial charge is 0.138 e. The summed E-state index contributed by atoms with van der Waals surface area (Å²) in [5, 5.41) is 9.10. The quantitative estimate of drug-likeness (QED) is 0.609. The van der Waals surface area contributed by atoms with Gasteiger partial charge in [0.25, 0.3) is 0 Å². The molecule has 0 spiro atoms. The van der Waals surface area contributed by atoms with E-state index >= 15 is 0 Å². The molecule has 1 saturated carbocycles. The minimum Gasteiger partial charge on any atom is -0.396 e. The number of hydrogen-bond donors (Lipinski definition) is 1. The lowest BCUT2D eigenvalue weighted by molar-refractivity contribution is -0.127. The van der Waals surface area contributed by atoms with E-state index in [1.165, 1.54) is 0 Å². The van der Waals surface area contributed by atoms with Gasteiger partial charge in [0.1, 0.15) is 5.78 Å². The molecule has 0 aromatic carbocycles. The molecule has 0 amide bonds. The van der Waals surface area contributed by atoms with Crippen LogP contribution in [0.1, 0.15) is 39.5 Å². The van der Waals surface area contributed by atoms with Crippen molar-refractivity contribution in [1.82, 2.24) is 0 Å². The highest BCUT2D eigenvalue weighted by Crippen LogP contribution is 2.36. The molecular weight excluding hydrogens is 152 g/mol. The lowest BCUT2D eigenvalue weighted by Crippen LogP contribution is -2.32. The number of ketones is 1. The van der Waals surface area contributed by atoms with Crippen molar-refractivity contribution >= 4 is 5.78 Å². The first kappa shape index (κ1) is 9.72. The molecule has 1 rings (SSSR count). The van der Waals surface area contributed by atoms with Crippen molar-refractivity contribution in [2.24, 2.45) is 11.3 Å².